The predicted molar refractivity (Wildman–Crippen MR) is 47.9 cm³/mol. The fourth-order valence-corrected chi connectivity index (χ4v) is 3.91. The average molecular weight is 180 g/mol. The molecule has 0 radical (unpaired) electrons. The van der Waals surface area contributed by atoms with Crippen molar-refractivity contribution in [3.63, 3.8) is 0 Å². The molecule has 5 atom stereocenters. The molecule has 0 amide bonds. The van der Waals surface area contributed by atoms with Crippen molar-refractivity contribution in [1.29, 1.82) is 0 Å². The first-order valence-electron chi connectivity index (χ1n) is 5.44. The van der Waals surface area contributed by atoms with Crippen LogP contribution in [0.2, 0.25) is 0 Å². The number of ether oxygens (including phenoxy) is 1. The van der Waals surface area contributed by atoms with Gasteiger partial charge in [-0.1, -0.05) is 6.92 Å². The fourth-order valence-electron chi connectivity index (χ4n) is 3.91. The van der Waals surface area contributed by atoms with Crippen molar-refractivity contribution in [2.24, 2.45) is 29.6 Å². The number of carbonyl (C=O) groups is 1. The number of fused-ring (bicyclic) bond motifs is 2. The van der Waals surface area contributed by atoms with Crippen molar-refractivity contribution in [2.45, 2.75) is 26.2 Å². The average Bonchev–Trinajstić information content (AvgIpc) is 2.50. The van der Waals surface area contributed by atoms with Crippen LogP contribution in [-0.2, 0) is 9.53 Å². The molecule has 2 heteroatoms. The number of carbonyl (C=O) groups excluding carboxylic acids is 1. The van der Waals surface area contributed by atoms with E-state index in [9.17, 15) is 4.79 Å². The Hall–Kier alpha value is -0.530. The molecule has 1 saturated heterocycles. The first-order chi connectivity index (χ1) is 6.27. The van der Waals surface area contributed by atoms with Crippen LogP contribution in [0.15, 0.2) is 0 Å². The van der Waals surface area contributed by atoms with Crippen molar-refractivity contribution in [3.8, 4) is 0 Å². The molecule has 4 fully saturated rings. The van der Waals surface area contributed by atoms with E-state index in [0.717, 1.165) is 18.4 Å². The highest BCUT2D eigenvalue weighted by atomic mass is 16.5. The van der Waals surface area contributed by atoms with E-state index in [0.29, 0.717) is 11.8 Å². The minimum Gasteiger partial charge on any atom is -0.465 e. The van der Waals surface area contributed by atoms with Crippen LogP contribution in [0.5, 0.6) is 0 Å². The summed E-state index contributed by atoms with van der Waals surface area (Å²) in [6.45, 7) is 3.06. The molecule has 4 aliphatic rings. The van der Waals surface area contributed by atoms with Gasteiger partial charge in [0.2, 0.25) is 0 Å². The lowest BCUT2D eigenvalue weighted by molar-refractivity contribution is -0.144. The SMILES string of the molecule is CC1CC2CCC1C1COC(=O)C21. The summed E-state index contributed by atoms with van der Waals surface area (Å²) in [6.07, 6.45) is 3.87. The van der Waals surface area contributed by atoms with Gasteiger partial charge in [-0.25, -0.2) is 0 Å². The monoisotopic (exact) mass is 180 g/mol. The molecular weight excluding hydrogens is 164 g/mol. The third-order valence-corrected chi connectivity index (χ3v) is 4.49. The molecule has 1 aliphatic heterocycles. The Kier molecular flexibility index (Phi) is 1.50. The van der Waals surface area contributed by atoms with E-state index < -0.39 is 0 Å². The van der Waals surface area contributed by atoms with Gasteiger partial charge in [0.25, 0.3) is 0 Å². The molecular formula is C11H16O2. The largest absolute Gasteiger partial charge is 0.465 e. The van der Waals surface area contributed by atoms with E-state index in [1.807, 2.05) is 0 Å². The molecule has 0 aromatic heterocycles. The first-order valence-corrected chi connectivity index (χ1v) is 5.44. The molecule has 4 rings (SSSR count). The zero-order valence-electron chi connectivity index (χ0n) is 8.03. The van der Waals surface area contributed by atoms with Gasteiger partial charge in [-0.2, -0.15) is 0 Å². The summed E-state index contributed by atoms with van der Waals surface area (Å²) in [4.78, 5) is 11.5. The van der Waals surface area contributed by atoms with Crippen LogP contribution in [0.3, 0.4) is 0 Å². The summed E-state index contributed by atoms with van der Waals surface area (Å²) < 4.78 is 5.19. The van der Waals surface area contributed by atoms with E-state index >= 15 is 0 Å². The van der Waals surface area contributed by atoms with Gasteiger partial charge in [0.05, 0.1) is 12.5 Å². The van der Waals surface area contributed by atoms with Gasteiger partial charge in [-0.05, 0) is 37.0 Å². The highest BCUT2D eigenvalue weighted by Crippen LogP contribution is 2.54. The number of hydrogen-bond acceptors (Lipinski definition) is 2. The molecule has 2 bridgehead atoms. The quantitative estimate of drug-likeness (QED) is 0.532. The molecule has 1 heterocycles. The second-order valence-corrected chi connectivity index (χ2v) is 5.03. The van der Waals surface area contributed by atoms with E-state index in [1.54, 1.807) is 0 Å². The van der Waals surface area contributed by atoms with E-state index in [4.69, 9.17) is 4.74 Å². The molecule has 13 heavy (non-hydrogen) atoms. The first kappa shape index (κ1) is 7.84. The van der Waals surface area contributed by atoms with E-state index in [2.05, 4.69) is 6.92 Å². The van der Waals surface area contributed by atoms with Crippen molar-refractivity contribution >= 4 is 5.97 Å². The predicted octanol–water partition coefficient (Wildman–Crippen LogP) is 1.84. The van der Waals surface area contributed by atoms with Gasteiger partial charge < -0.3 is 4.74 Å². The molecule has 5 unspecified atom stereocenters. The molecule has 0 aromatic carbocycles. The van der Waals surface area contributed by atoms with Crippen LogP contribution >= 0.6 is 0 Å². The molecule has 0 N–H and O–H groups in total. The van der Waals surface area contributed by atoms with Crippen LogP contribution in [0.4, 0.5) is 0 Å². The van der Waals surface area contributed by atoms with Crippen LogP contribution in [0.1, 0.15) is 26.2 Å². The van der Waals surface area contributed by atoms with Crippen LogP contribution < -0.4 is 0 Å². The minimum absolute atomic E-state index is 0.103. The Bertz CT molecular complexity index is 248. The lowest BCUT2D eigenvalue weighted by atomic mass is 9.56. The summed E-state index contributed by atoms with van der Waals surface area (Å²) in [5.41, 5.74) is 0. The van der Waals surface area contributed by atoms with Crippen molar-refractivity contribution in [2.75, 3.05) is 6.61 Å². The maximum atomic E-state index is 11.5. The molecule has 3 saturated carbocycles. The summed E-state index contributed by atoms with van der Waals surface area (Å²) in [7, 11) is 0. The summed E-state index contributed by atoms with van der Waals surface area (Å²) in [5, 5.41) is 0. The lowest BCUT2D eigenvalue weighted by Gasteiger charge is -2.47. The van der Waals surface area contributed by atoms with Gasteiger partial charge in [-0.15, -0.1) is 0 Å². The maximum absolute atomic E-state index is 11.5. The second-order valence-electron chi connectivity index (χ2n) is 5.03. The molecule has 3 aliphatic carbocycles. The molecule has 0 aromatic rings. The Labute approximate surface area is 78.6 Å². The normalized spacial score (nSPS) is 53.3. The van der Waals surface area contributed by atoms with Gasteiger partial charge in [0.1, 0.15) is 0 Å². The molecule has 72 valence electrons. The third-order valence-electron chi connectivity index (χ3n) is 4.49. The Balaban J connectivity index is 1.94. The number of hydrogen-bond donors (Lipinski definition) is 0. The maximum Gasteiger partial charge on any atom is 0.309 e. The highest BCUT2D eigenvalue weighted by Gasteiger charge is 2.53. The van der Waals surface area contributed by atoms with Gasteiger partial charge in [-0.3, -0.25) is 4.79 Å². The Morgan fingerprint density at radius 3 is 2.92 bits per heavy atom. The highest BCUT2D eigenvalue weighted by molar-refractivity contribution is 5.75. The summed E-state index contributed by atoms with van der Waals surface area (Å²) in [5.74, 6) is 3.23. The lowest BCUT2D eigenvalue weighted by Crippen LogP contribution is -2.44. The topological polar surface area (TPSA) is 26.3 Å². The molecule has 0 spiro atoms. The Morgan fingerprint density at radius 2 is 2.15 bits per heavy atom. The van der Waals surface area contributed by atoms with Crippen LogP contribution in [0.25, 0.3) is 0 Å². The summed E-state index contributed by atoms with van der Waals surface area (Å²) >= 11 is 0. The van der Waals surface area contributed by atoms with Crippen LogP contribution in [0, 0.1) is 29.6 Å². The Morgan fingerprint density at radius 1 is 1.31 bits per heavy atom. The van der Waals surface area contributed by atoms with Gasteiger partial charge >= 0.3 is 5.97 Å². The van der Waals surface area contributed by atoms with Gasteiger partial charge in [0, 0.05) is 5.92 Å². The number of cyclic esters (lactones) is 1. The van der Waals surface area contributed by atoms with E-state index in [-0.39, 0.29) is 11.9 Å². The second kappa shape index (κ2) is 2.49. The zero-order valence-corrected chi connectivity index (χ0v) is 8.03. The molecule has 2 nitrogen and oxygen atoms in total. The van der Waals surface area contributed by atoms with Gasteiger partial charge in [0.15, 0.2) is 0 Å². The summed E-state index contributed by atoms with van der Waals surface area (Å²) in [6, 6.07) is 0. The van der Waals surface area contributed by atoms with Crippen LogP contribution in [-0.4, -0.2) is 12.6 Å². The van der Waals surface area contributed by atoms with E-state index in [1.165, 1.54) is 19.3 Å². The zero-order chi connectivity index (χ0) is 9.00. The van der Waals surface area contributed by atoms with Crippen molar-refractivity contribution in [3.05, 3.63) is 0 Å². The smallest absolute Gasteiger partial charge is 0.309 e. The number of rotatable bonds is 0. The third kappa shape index (κ3) is 0.918. The fraction of sp³-hybridized carbons (Fsp3) is 0.909. The van der Waals surface area contributed by atoms with Crippen molar-refractivity contribution in [1.82, 2.24) is 0 Å². The minimum atomic E-state index is 0.103. The standard InChI is InChI=1S/C11H16O2/c1-6-4-7-2-3-8(6)9-5-13-11(12)10(7)9/h6-10H,2-5H2,1H3. The van der Waals surface area contributed by atoms with Crippen molar-refractivity contribution < 1.29 is 9.53 Å². The number of esters is 1.